The Morgan fingerprint density at radius 3 is 1.95 bits per heavy atom. The largest absolute Gasteiger partial charge is 0.394 e. The van der Waals surface area contributed by atoms with Crippen LogP contribution in [0.1, 0.15) is 110 Å². The van der Waals surface area contributed by atoms with Crippen LogP contribution in [0.5, 0.6) is 0 Å². The van der Waals surface area contributed by atoms with E-state index < -0.39 is 49.5 Å². The van der Waals surface area contributed by atoms with E-state index in [-0.39, 0.29) is 12.5 Å². The molecule has 9 heteroatoms. The third-order valence-corrected chi connectivity index (χ3v) is 7.43. The van der Waals surface area contributed by atoms with Crippen LogP contribution >= 0.6 is 0 Å². The number of allylic oxidation sites excluding steroid dienone is 5. The number of ether oxygens (including phenoxy) is 2. The van der Waals surface area contributed by atoms with Gasteiger partial charge in [0.05, 0.1) is 25.4 Å². The number of unbranched alkanes of at least 4 members (excludes halogenated alkanes) is 10. The third-order valence-electron chi connectivity index (χ3n) is 7.43. The van der Waals surface area contributed by atoms with Crippen LogP contribution in [0.4, 0.5) is 0 Å². The van der Waals surface area contributed by atoms with Crippen molar-refractivity contribution in [3.8, 4) is 0 Å². The fourth-order valence-corrected chi connectivity index (χ4v) is 4.72. The topological polar surface area (TPSA) is 149 Å². The van der Waals surface area contributed by atoms with Gasteiger partial charge in [-0.05, 0) is 38.5 Å². The van der Waals surface area contributed by atoms with E-state index in [1.54, 1.807) is 6.08 Å². The maximum Gasteiger partial charge on any atom is 0.220 e. The highest BCUT2D eigenvalue weighted by Gasteiger charge is 2.44. The van der Waals surface area contributed by atoms with E-state index in [1.807, 2.05) is 6.08 Å². The zero-order valence-corrected chi connectivity index (χ0v) is 26.0. The Kier molecular flexibility index (Phi) is 22.7. The lowest BCUT2D eigenvalue weighted by atomic mass is 9.99. The number of aliphatic hydroxyl groups is 5. The van der Waals surface area contributed by atoms with E-state index >= 15 is 0 Å². The van der Waals surface area contributed by atoms with Crippen molar-refractivity contribution >= 4 is 5.91 Å². The number of amides is 1. The first-order chi connectivity index (χ1) is 20.3. The quantitative estimate of drug-likeness (QED) is 0.0716. The zero-order chi connectivity index (χ0) is 31.0. The van der Waals surface area contributed by atoms with Crippen molar-refractivity contribution < 1.29 is 39.8 Å². The highest BCUT2D eigenvalue weighted by molar-refractivity contribution is 5.76. The molecule has 0 radical (unpaired) electrons. The molecular weight excluding hydrogens is 538 g/mol. The average molecular weight is 598 g/mol. The summed E-state index contributed by atoms with van der Waals surface area (Å²) in [6.07, 6.45) is 19.2. The van der Waals surface area contributed by atoms with Gasteiger partial charge >= 0.3 is 0 Å². The molecule has 1 saturated heterocycles. The van der Waals surface area contributed by atoms with Gasteiger partial charge in [-0.3, -0.25) is 4.79 Å². The number of carbonyl (C=O) groups is 1. The molecule has 244 valence electrons. The Morgan fingerprint density at radius 2 is 1.36 bits per heavy atom. The summed E-state index contributed by atoms with van der Waals surface area (Å²) >= 11 is 0. The fourth-order valence-electron chi connectivity index (χ4n) is 4.72. The normalized spacial score (nSPS) is 24.6. The fraction of sp³-hybridized carbons (Fsp3) is 0.788. The van der Waals surface area contributed by atoms with Gasteiger partial charge in [0.1, 0.15) is 24.4 Å². The van der Waals surface area contributed by atoms with E-state index in [1.165, 1.54) is 32.1 Å². The van der Waals surface area contributed by atoms with Crippen LogP contribution in [0.2, 0.25) is 0 Å². The Bertz CT molecular complexity index is 756. The average Bonchev–Trinajstić information content (AvgIpc) is 2.98. The number of aliphatic hydroxyl groups excluding tert-OH is 5. The Labute approximate surface area is 253 Å². The van der Waals surface area contributed by atoms with Gasteiger partial charge in [-0.25, -0.2) is 0 Å². The molecule has 0 aromatic rings. The van der Waals surface area contributed by atoms with E-state index in [0.717, 1.165) is 57.8 Å². The molecule has 1 heterocycles. The van der Waals surface area contributed by atoms with Crippen LogP contribution in [-0.2, 0) is 14.3 Å². The first kappa shape index (κ1) is 38.4. The van der Waals surface area contributed by atoms with Crippen LogP contribution in [0.3, 0.4) is 0 Å². The Morgan fingerprint density at radius 1 is 0.786 bits per heavy atom. The second-order valence-corrected chi connectivity index (χ2v) is 11.2. The molecule has 1 rings (SSSR count). The van der Waals surface area contributed by atoms with Crippen molar-refractivity contribution in [2.75, 3.05) is 13.2 Å². The molecule has 0 spiro atoms. The molecule has 42 heavy (non-hydrogen) atoms. The minimum atomic E-state index is -1.57. The molecule has 0 aromatic heterocycles. The summed E-state index contributed by atoms with van der Waals surface area (Å²) in [6.45, 7) is 3.58. The third kappa shape index (κ3) is 16.9. The minimum absolute atomic E-state index is 0.202. The molecule has 1 fully saturated rings. The lowest BCUT2D eigenvalue weighted by Gasteiger charge is -2.40. The SMILES string of the molecule is CCC/C=C/CC/C=C/CC/C=C/C(O)C(COC1OC(CO)C(O)C(O)C1O)NC(=O)CCCCCCCCCC. The van der Waals surface area contributed by atoms with E-state index in [4.69, 9.17) is 9.47 Å². The van der Waals surface area contributed by atoms with Crippen LogP contribution < -0.4 is 5.32 Å². The molecule has 7 unspecified atom stereocenters. The Balaban J connectivity index is 2.60. The lowest BCUT2D eigenvalue weighted by Crippen LogP contribution is -2.60. The summed E-state index contributed by atoms with van der Waals surface area (Å²) < 4.78 is 11.1. The standard InChI is InChI=1S/C33H59NO8/c1-3-5-7-9-11-13-14-15-16-18-20-22-27(36)26(34-29(37)23-21-19-17-12-10-8-6-4-2)25-41-33-32(40)31(39)30(38)28(24-35)42-33/h7,9,14-15,20,22,26-28,30-33,35-36,38-40H,3-6,8,10-13,16-19,21,23-25H2,1-2H3,(H,34,37)/b9-7+,15-14+,22-20+. The van der Waals surface area contributed by atoms with E-state index in [0.29, 0.717) is 6.42 Å². The van der Waals surface area contributed by atoms with Gasteiger partial charge in [0.2, 0.25) is 5.91 Å². The predicted octanol–water partition coefficient (Wildman–Crippen LogP) is 4.21. The zero-order valence-electron chi connectivity index (χ0n) is 26.0. The van der Waals surface area contributed by atoms with Gasteiger partial charge in [0.25, 0.3) is 0 Å². The second-order valence-electron chi connectivity index (χ2n) is 11.2. The predicted molar refractivity (Wildman–Crippen MR) is 166 cm³/mol. The molecule has 0 bridgehead atoms. The summed E-state index contributed by atoms with van der Waals surface area (Å²) in [6, 6.07) is -0.819. The van der Waals surface area contributed by atoms with Crippen molar-refractivity contribution in [3.63, 3.8) is 0 Å². The highest BCUT2D eigenvalue weighted by atomic mass is 16.7. The van der Waals surface area contributed by atoms with Gasteiger partial charge in [-0.1, -0.05) is 102 Å². The molecule has 1 aliphatic heterocycles. The highest BCUT2D eigenvalue weighted by Crippen LogP contribution is 2.22. The molecule has 1 aliphatic rings. The van der Waals surface area contributed by atoms with E-state index in [9.17, 15) is 30.3 Å². The minimum Gasteiger partial charge on any atom is -0.394 e. The van der Waals surface area contributed by atoms with Gasteiger partial charge < -0.3 is 40.3 Å². The van der Waals surface area contributed by atoms with Crippen molar-refractivity contribution in [2.24, 2.45) is 0 Å². The van der Waals surface area contributed by atoms with Gasteiger partial charge in [0, 0.05) is 6.42 Å². The Hall–Kier alpha value is -1.59. The number of carbonyl (C=O) groups excluding carboxylic acids is 1. The first-order valence-electron chi connectivity index (χ1n) is 16.2. The smallest absolute Gasteiger partial charge is 0.220 e. The maximum atomic E-state index is 12.7. The molecule has 7 atom stereocenters. The van der Waals surface area contributed by atoms with Crippen LogP contribution in [0.25, 0.3) is 0 Å². The lowest BCUT2D eigenvalue weighted by molar-refractivity contribution is -0.302. The first-order valence-corrected chi connectivity index (χ1v) is 16.2. The summed E-state index contributed by atoms with van der Waals surface area (Å²) in [5.41, 5.74) is 0. The number of rotatable bonds is 24. The van der Waals surface area contributed by atoms with Gasteiger partial charge in [-0.15, -0.1) is 0 Å². The molecule has 0 aromatic carbocycles. The van der Waals surface area contributed by atoms with Crippen LogP contribution in [-0.4, -0.2) is 87.5 Å². The van der Waals surface area contributed by atoms with Crippen LogP contribution in [0.15, 0.2) is 36.5 Å². The number of nitrogens with one attached hydrogen (secondary N) is 1. The number of hydrogen-bond acceptors (Lipinski definition) is 8. The molecule has 0 saturated carbocycles. The molecule has 9 nitrogen and oxygen atoms in total. The van der Waals surface area contributed by atoms with Crippen molar-refractivity contribution in [1.82, 2.24) is 5.32 Å². The van der Waals surface area contributed by atoms with Crippen molar-refractivity contribution in [2.45, 2.75) is 153 Å². The van der Waals surface area contributed by atoms with Crippen molar-refractivity contribution in [3.05, 3.63) is 36.5 Å². The van der Waals surface area contributed by atoms with Gasteiger partial charge in [0.15, 0.2) is 6.29 Å². The van der Waals surface area contributed by atoms with Gasteiger partial charge in [-0.2, -0.15) is 0 Å². The monoisotopic (exact) mass is 597 g/mol. The summed E-state index contributed by atoms with van der Waals surface area (Å²) in [4.78, 5) is 12.7. The van der Waals surface area contributed by atoms with Crippen LogP contribution in [0, 0.1) is 0 Å². The molecular formula is C33H59NO8. The van der Waals surface area contributed by atoms with Crippen molar-refractivity contribution in [1.29, 1.82) is 0 Å². The molecule has 0 aliphatic carbocycles. The second kappa shape index (κ2) is 24.8. The molecule has 6 N–H and O–H groups in total. The summed E-state index contributed by atoms with van der Waals surface area (Å²) in [7, 11) is 0. The molecule has 1 amide bonds. The maximum absolute atomic E-state index is 12.7. The number of hydrogen-bond donors (Lipinski definition) is 6. The summed E-state index contributed by atoms with van der Waals surface area (Å²) in [5.74, 6) is -0.202. The summed E-state index contributed by atoms with van der Waals surface area (Å²) in [5, 5.41) is 53.5. The van der Waals surface area contributed by atoms with E-state index in [2.05, 4.69) is 43.5 Å².